The van der Waals surface area contributed by atoms with Crippen molar-refractivity contribution < 1.29 is 9.59 Å². The second-order valence-corrected chi connectivity index (χ2v) is 5.33. The van der Waals surface area contributed by atoms with Crippen LogP contribution < -0.4 is 11.1 Å². The average Bonchev–Trinajstić information content (AvgIpc) is 2.82. The van der Waals surface area contributed by atoms with Crippen molar-refractivity contribution in [3.63, 3.8) is 0 Å². The molecule has 7 nitrogen and oxygen atoms in total. The van der Waals surface area contributed by atoms with Crippen molar-refractivity contribution in [1.29, 1.82) is 0 Å². The van der Waals surface area contributed by atoms with Gasteiger partial charge in [-0.05, 0) is 13.8 Å². The zero-order valence-electron chi connectivity index (χ0n) is 11.9. The molecule has 0 aliphatic heterocycles. The van der Waals surface area contributed by atoms with E-state index in [-0.39, 0.29) is 18.4 Å². The number of nitrogens with zero attached hydrogens (tertiary/aromatic N) is 3. The van der Waals surface area contributed by atoms with Crippen molar-refractivity contribution in [3.8, 4) is 0 Å². The molecule has 2 aromatic rings. The second-order valence-electron chi connectivity index (χ2n) is 4.33. The number of carbonyl (C=O) groups is 2. The Balaban J connectivity index is 2.27. The first-order valence-electron chi connectivity index (χ1n) is 6.63. The number of hydrogen-bond acceptors (Lipinski definition) is 6. The number of hydrogen-bond donors (Lipinski definition) is 2. The molecule has 2 heterocycles. The smallest absolute Gasteiger partial charge is 0.266 e. The lowest BCUT2D eigenvalue weighted by Gasteiger charge is -2.19. The van der Waals surface area contributed by atoms with Crippen LogP contribution in [0.5, 0.6) is 0 Å². The van der Waals surface area contributed by atoms with E-state index >= 15 is 0 Å². The summed E-state index contributed by atoms with van der Waals surface area (Å²) in [6.45, 7) is 4.61. The van der Waals surface area contributed by atoms with Gasteiger partial charge in [0.2, 0.25) is 5.91 Å². The van der Waals surface area contributed by atoms with Crippen molar-refractivity contribution in [2.45, 2.75) is 13.8 Å². The number of nitrogens with one attached hydrogen (secondary N) is 1. The molecular formula is C13H17N5O2S. The normalized spacial score (nSPS) is 10.6. The van der Waals surface area contributed by atoms with Crippen LogP contribution in [0.3, 0.4) is 0 Å². The van der Waals surface area contributed by atoms with E-state index in [9.17, 15) is 9.59 Å². The molecule has 0 aliphatic rings. The van der Waals surface area contributed by atoms with Gasteiger partial charge in [0.15, 0.2) is 0 Å². The van der Waals surface area contributed by atoms with Crippen LogP contribution in [0.15, 0.2) is 12.4 Å². The van der Waals surface area contributed by atoms with Gasteiger partial charge < -0.3 is 16.0 Å². The third-order valence-corrected chi connectivity index (χ3v) is 4.03. The Labute approximate surface area is 126 Å². The summed E-state index contributed by atoms with van der Waals surface area (Å²) in [5, 5.41) is 2.67. The molecule has 0 atom stereocenters. The third-order valence-electron chi connectivity index (χ3n) is 2.93. The van der Waals surface area contributed by atoms with Crippen molar-refractivity contribution in [1.82, 2.24) is 20.2 Å². The number of nitrogen functional groups attached to an aromatic ring is 1. The van der Waals surface area contributed by atoms with Crippen molar-refractivity contribution in [2.75, 3.05) is 25.4 Å². The van der Waals surface area contributed by atoms with E-state index in [1.54, 1.807) is 6.20 Å². The summed E-state index contributed by atoms with van der Waals surface area (Å²) in [6, 6.07) is 0. The van der Waals surface area contributed by atoms with Gasteiger partial charge in [0.25, 0.3) is 5.91 Å². The lowest BCUT2D eigenvalue weighted by Crippen LogP contribution is -2.40. The Morgan fingerprint density at radius 3 is 2.67 bits per heavy atom. The van der Waals surface area contributed by atoms with Gasteiger partial charge in [-0.2, -0.15) is 0 Å². The number of aromatic nitrogens is 2. The van der Waals surface area contributed by atoms with Crippen LogP contribution in [0, 0.1) is 0 Å². The Hall–Kier alpha value is -2.22. The molecular weight excluding hydrogens is 290 g/mol. The summed E-state index contributed by atoms with van der Waals surface area (Å²) < 4.78 is 0. The molecule has 0 spiro atoms. The number of thiophene rings is 1. The molecule has 0 aliphatic carbocycles. The van der Waals surface area contributed by atoms with Crippen LogP contribution in [-0.2, 0) is 4.79 Å². The highest BCUT2D eigenvalue weighted by Gasteiger charge is 2.23. The minimum Gasteiger partial charge on any atom is -0.396 e. The maximum Gasteiger partial charge on any atom is 0.266 e. The number of carbonyl (C=O) groups excluding carboxylic acids is 2. The SMILES string of the molecule is CCNC(=O)CN(CC)C(=O)c1sc2nccnc2c1N. The van der Waals surface area contributed by atoms with E-state index in [0.29, 0.717) is 34.0 Å². The van der Waals surface area contributed by atoms with Crippen molar-refractivity contribution >= 4 is 39.2 Å². The highest BCUT2D eigenvalue weighted by Crippen LogP contribution is 2.31. The van der Waals surface area contributed by atoms with Gasteiger partial charge in [-0.1, -0.05) is 0 Å². The second kappa shape index (κ2) is 6.49. The molecule has 8 heteroatoms. The minimum atomic E-state index is -0.272. The molecule has 0 aromatic carbocycles. The van der Waals surface area contributed by atoms with E-state index in [4.69, 9.17) is 5.73 Å². The van der Waals surface area contributed by atoms with E-state index in [0.717, 1.165) is 0 Å². The molecule has 3 N–H and O–H groups in total. The highest BCUT2D eigenvalue weighted by molar-refractivity contribution is 7.21. The number of anilines is 1. The fraction of sp³-hybridized carbons (Fsp3) is 0.385. The third kappa shape index (κ3) is 3.10. The fourth-order valence-electron chi connectivity index (χ4n) is 1.90. The van der Waals surface area contributed by atoms with Gasteiger partial charge in [0.05, 0.1) is 12.2 Å². The number of fused-ring (bicyclic) bond motifs is 1. The highest BCUT2D eigenvalue weighted by atomic mass is 32.1. The van der Waals surface area contributed by atoms with E-state index < -0.39 is 0 Å². The lowest BCUT2D eigenvalue weighted by molar-refractivity contribution is -0.121. The predicted molar refractivity (Wildman–Crippen MR) is 82.1 cm³/mol. The monoisotopic (exact) mass is 307 g/mol. The first-order chi connectivity index (χ1) is 10.1. The first kappa shape index (κ1) is 15.2. The maximum absolute atomic E-state index is 12.5. The van der Waals surface area contributed by atoms with E-state index in [1.807, 2.05) is 13.8 Å². The molecule has 2 rings (SSSR count). The molecule has 0 bridgehead atoms. The number of nitrogens with two attached hydrogens (primary N) is 1. The van der Waals surface area contributed by atoms with Crippen molar-refractivity contribution in [2.24, 2.45) is 0 Å². The summed E-state index contributed by atoms with van der Waals surface area (Å²) in [6.07, 6.45) is 3.09. The quantitative estimate of drug-likeness (QED) is 0.853. The molecule has 2 aromatic heterocycles. The topological polar surface area (TPSA) is 101 Å². The molecule has 0 saturated heterocycles. The first-order valence-corrected chi connectivity index (χ1v) is 7.45. The Morgan fingerprint density at radius 2 is 2.05 bits per heavy atom. The molecule has 0 radical (unpaired) electrons. The molecule has 2 amide bonds. The summed E-state index contributed by atoms with van der Waals surface area (Å²) >= 11 is 1.19. The zero-order valence-corrected chi connectivity index (χ0v) is 12.7. The van der Waals surface area contributed by atoms with E-state index in [1.165, 1.54) is 22.4 Å². The molecule has 112 valence electrons. The van der Waals surface area contributed by atoms with Crippen molar-refractivity contribution in [3.05, 3.63) is 17.3 Å². The lowest BCUT2D eigenvalue weighted by atomic mass is 10.3. The van der Waals surface area contributed by atoms with Gasteiger partial charge in [-0.15, -0.1) is 11.3 Å². The predicted octanol–water partition coefficient (Wildman–Crippen LogP) is 0.872. The summed E-state index contributed by atoms with van der Waals surface area (Å²) in [7, 11) is 0. The Morgan fingerprint density at radius 1 is 1.33 bits per heavy atom. The van der Waals surface area contributed by atoms with Crippen LogP contribution in [0.25, 0.3) is 10.3 Å². The fourth-order valence-corrected chi connectivity index (χ4v) is 2.89. The minimum absolute atomic E-state index is 0.0116. The van der Waals surface area contributed by atoms with Crippen LogP contribution in [0.1, 0.15) is 23.5 Å². The summed E-state index contributed by atoms with van der Waals surface area (Å²) in [4.78, 5) is 34.9. The zero-order chi connectivity index (χ0) is 15.4. The van der Waals surface area contributed by atoms with Gasteiger partial charge in [0.1, 0.15) is 15.2 Å². The number of likely N-dealkylation sites (N-methyl/N-ethyl adjacent to an activating group) is 2. The van der Waals surface area contributed by atoms with Crippen LogP contribution in [-0.4, -0.2) is 46.3 Å². The van der Waals surface area contributed by atoms with Gasteiger partial charge in [-0.3, -0.25) is 9.59 Å². The van der Waals surface area contributed by atoms with Gasteiger partial charge >= 0.3 is 0 Å². The largest absolute Gasteiger partial charge is 0.396 e. The van der Waals surface area contributed by atoms with Crippen LogP contribution in [0.4, 0.5) is 5.69 Å². The van der Waals surface area contributed by atoms with Gasteiger partial charge in [0, 0.05) is 25.5 Å². The van der Waals surface area contributed by atoms with E-state index in [2.05, 4.69) is 15.3 Å². The Bertz CT molecular complexity index is 670. The Kier molecular flexibility index (Phi) is 4.69. The molecule has 0 fully saturated rings. The van der Waals surface area contributed by atoms with Crippen LogP contribution >= 0.6 is 11.3 Å². The standard InChI is InChI=1S/C13H17N5O2S/c1-3-15-8(19)7-18(4-2)13(20)11-9(14)10-12(21-11)17-6-5-16-10/h5-6H,3-4,7,14H2,1-2H3,(H,15,19). The van der Waals surface area contributed by atoms with Crippen LogP contribution in [0.2, 0.25) is 0 Å². The van der Waals surface area contributed by atoms with Gasteiger partial charge in [-0.25, -0.2) is 9.97 Å². The molecule has 0 saturated carbocycles. The number of amides is 2. The molecule has 0 unspecified atom stereocenters. The summed E-state index contributed by atoms with van der Waals surface area (Å²) in [5.41, 5.74) is 6.83. The number of rotatable bonds is 5. The average molecular weight is 307 g/mol. The maximum atomic E-state index is 12.5. The summed E-state index contributed by atoms with van der Waals surface area (Å²) in [5.74, 6) is -0.463. The molecule has 21 heavy (non-hydrogen) atoms.